The highest BCUT2D eigenvalue weighted by Crippen LogP contribution is 2.57. The Hall–Kier alpha value is -8.78. The standard InChI is InChI=1S/C67H45N/c1-5-21-47(22-6-1)65-61-34-16-15-32-57(61)58-40-38-55(44-62(58)66(65)48-23-7-2-8-24-48)68(54-31-19-26-50(43-54)51-37-36-46-20-13-14-25-49(46)42-51)56-39-41-60-59-33-17-18-35-63(59)67(64(60)45-56,52-27-9-3-10-28-52)53-29-11-4-12-30-53/h1-45H. The molecule has 1 nitrogen and oxygen atoms in total. The number of nitrogens with zero attached hydrogens (tertiary/aromatic N) is 1. The Morgan fingerprint density at radius 1 is 0.250 bits per heavy atom. The third-order valence-corrected chi connectivity index (χ3v) is 14.3. The lowest BCUT2D eigenvalue weighted by atomic mass is 9.67. The van der Waals surface area contributed by atoms with Crippen LogP contribution in [0.5, 0.6) is 0 Å². The van der Waals surface area contributed by atoms with Gasteiger partial charge in [0.15, 0.2) is 0 Å². The van der Waals surface area contributed by atoms with Crippen LogP contribution in [0, 0.1) is 0 Å². The molecule has 318 valence electrons. The molecule has 0 N–H and O–H groups in total. The fourth-order valence-electron chi connectivity index (χ4n) is 11.3. The molecule has 1 aliphatic carbocycles. The molecule has 13 rings (SSSR count). The summed E-state index contributed by atoms with van der Waals surface area (Å²) in [5.41, 5.74) is 17.5. The smallest absolute Gasteiger partial charge is 0.0714 e. The van der Waals surface area contributed by atoms with Crippen molar-refractivity contribution in [2.24, 2.45) is 0 Å². The zero-order chi connectivity index (χ0) is 45.0. The fourth-order valence-corrected chi connectivity index (χ4v) is 11.3. The van der Waals surface area contributed by atoms with Crippen molar-refractivity contribution < 1.29 is 0 Å². The van der Waals surface area contributed by atoms with Crippen molar-refractivity contribution in [3.05, 3.63) is 295 Å². The van der Waals surface area contributed by atoms with E-state index in [1.165, 1.54) is 93.5 Å². The zero-order valence-corrected chi connectivity index (χ0v) is 37.4. The largest absolute Gasteiger partial charge is 0.310 e. The van der Waals surface area contributed by atoms with E-state index in [2.05, 4.69) is 278 Å². The maximum atomic E-state index is 2.49. The fraction of sp³-hybridized carbons (Fsp3) is 0.0149. The number of hydrogen-bond acceptors (Lipinski definition) is 1. The first-order chi connectivity index (χ1) is 33.7. The molecule has 0 bridgehead atoms. The summed E-state index contributed by atoms with van der Waals surface area (Å²) >= 11 is 0. The number of hydrogen-bond donors (Lipinski definition) is 0. The summed E-state index contributed by atoms with van der Waals surface area (Å²) < 4.78 is 0. The first-order valence-corrected chi connectivity index (χ1v) is 23.6. The van der Waals surface area contributed by atoms with Crippen molar-refractivity contribution >= 4 is 49.4 Å². The predicted molar refractivity (Wildman–Crippen MR) is 287 cm³/mol. The van der Waals surface area contributed by atoms with Crippen LogP contribution in [0.15, 0.2) is 273 Å². The lowest BCUT2D eigenvalue weighted by Gasteiger charge is -2.35. The van der Waals surface area contributed by atoms with Gasteiger partial charge in [0.1, 0.15) is 0 Å². The van der Waals surface area contributed by atoms with E-state index in [9.17, 15) is 0 Å². The van der Waals surface area contributed by atoms with Crippen LogP contribution in [0.2, 0.25) is 0 Å². The molecule has 0 amide bonds. The van der Waals surface area contributed by atoms with Gasteiger partial charge in [0, 0.05) is 17.1 Å². The summed E-state index contributed by atoms with van der Waals surface area (Å²) in [6.45, 7) is 0. The van der Waals surface area contributed by atoms with Crippen LogP contribution in [0.3, 0.4) is 0 Å². The second-order valence-corrected chi connectivity index (χ2v) is 18.0. The maximum Gasteiger partial charge on any atom is 0.0714 e. The van der Waals surface area contributed by atoms with Gasteiger partial charge in [0.25, 0.3) is 0 Å². The minimum absolute atomic E-state index is 0.545. The highest BCUT2D eigenvalue weighted by atomic mass is 15.1. The Balaban J connectivity index is 1.11. The van der Waals surface area contributed by atoms with Crippen LogP contribution < -0.4 is 4.90 Å². The van der Waals surface area contributed by atoms with E-state index in [-0.39, 0.29) is 0 Å². The van der Waals surface area contributed by atoms with E-state index in [1.807, 2.05) is 0 Å². The van der Waals surface area contributed by atoms with Crippen LogP contribution >= 0.6 is 0 Å². The number of anilines is 3. The zero-order valence-electron chi connectivity index (χ0n) is 37.4. The van der Waals surface area contributed by atoms with Crippen molar-refractivity contribution in [2.75, 3.05) is 4.90 Å². The van der Waals surface area contributed by atoms with Crippen molar-refractivity contribution in [1.29, 1.82) is 0 Å². The van der Waals surface area contributed by atoms with Gasteiger partial charge in [0.05, 0.1) is 5.41 Å². The van der Waals surface area contributed by atoms with Crippen LogP contribution in [0.4, 0.5) is 17.1 Å². The quantitative estimate of drug-likeness (QED) is 0.138. The Morgan fingerprint density at radius 3 is 1.47 bits per heavy atom. The summed E-state index contributed by atoms with van der Waals surface area (Å²) in [4.78, 5) is 2.49. The van der Waals surface area contributed by atoms with Crippen molar-refractivity contribution in [1.82, 2.24) is 0 Å². The molecule has 0 radical (unpaired) electrons. The molecule has 0 heterocycles. The molecule has 0 aromatic heterocycles. The number of fused-ring (bicyclic) bond motifs is 7. The highest BCUT2D eigenvalue weighted by molar-refractivity contribution is 6.22. The minimum Gasteiger partial charge on any atom is -0.310 e. The van der Waals surface area contributed by atoms with E-state index in [0.717, 1.165) is 22.6 Å². The molecule has 0 fully saturated rings. The van der Waals surface area contributed by atoms with Crippen LogP contribution in [-0.2, 0) is 5.41 Å². The molecule has 12 aromatic carbocycles. The summed E-state index contributed by atoms with van der Waals surface area (Å²) in [5.74, 6) is 0. The van der Waals surface area contributed by atoms with E-state index < -0.39 is 5.41 Å². The van der Waals surface area contributed by atoms with Gasteiger partial charge >= 0.3 is 0 Å². The van der Waals surface area contributed by atoms with Gasteiger partial charge in [-0.1, -0.05) is 231 Å². The van der Waals surface area contributed by atoms with E-state index >= 15 is 0 Å². The van der Waals surface area contributed by atoms with Crippen LogP contribution in [-0.4, -0.2) is 0 Å². The van der Waals surface area contributed by atoms with Gasteiger partial charge in [-0.05, 0) is 142 Å². The summed E-state index contributed by atoms with van der Waals surface area (Å²) in [6, 6.07) is 101. The summed E-state index contributed by atoms with van der Waals surface area (Å²) in [5, 5.41) is 7.38. The highest BCUT2D eigenvalue weighted by Gasteiger charge is 2.46. The minimum atomic E-state index is -0.545. The van der Waals surface area contributed by atoms with Crippen molar-refractivity contribution in [2.45, 2.75) is 5.41 Å². The van der Waals surface area contributed by atoms with E-state index in [1.54, 1.807) is 0 Å². The molecule has 0 aliphatic heterocycles. The normalized spacial score (nSPS) is 12.5. The Morgan fingerprint density at radius 2 is 0.750 bits per heavy atom. The SMILES string of the molecule is c1ccc(-c2c(-c3ccccc3)c3cc(N(c4cccc(-c5ccc6ccccc6c5)c4)c4ccc5c(c4)C(c4ccccc4)(c4ccccc4)c4ccccc4-5)ccc3c3ccccc23)cc1. The molecule has 0 saturated heterocycles. The predicted octanol–water partition coefficient (Wildman–Crippen LogP) is 18.0. The average molecular weight is 864 g/mol. The lowest BCUT2D eigenvalue weighted by Crippen LogP contribution is -2.28. The topological polar surface area (TPSA) is 3.24 Å². The van der Waals surface area contributed by atoms with Gasteiger partial charge in [-0.3, -0.25) is 0 Å². The number of benzene rings is 12. The molecule has 0 atom stereocenters. The van der Waals surface area contributed by atoms with E-state index in [4.69, 9.17) is 0 Å². The monoisotopic (exact) mass is 863 g/mol. The molecule has 0 spiro atoms. The molecular formula is C67H45N. The molecule has 1 aliphatic rings. The van der Waals surface area contributed by atoms with Gasteiger partial charge in [-0.2, -0.15) is 0 Å². The second kappa shape index (κ2) is 16.3. The van der Waals surface area contributed by atoms with Crippen LogP contribution in [0.25, 0.3) is 76.8 Å². The van der Waals surface area contributed by atoms with Gasteiger partial charge in [-0.25, -0.2) is 0 Å². The third kappa shape index (κ3) is 6.32. The first-order valence-electron chi connectivity index (χ1n) is 23.6. The Bertz CT molecular complexity index is 3800. The average Bonchev–Trinajstić information content (AvgIpc) is 3.72. The molecule has 12 aromatic rings. The molecule has 0 saturated carbocycles. The van der Waals surface area contributed by atoms with E-state index in [0.29, 0.717) is 0 Å². The van der Waals surface area contributed by atoms with Crippen molar-refractivity contribution in [3.8, 4) is 44.5 Å². The van der Waals surface area contributed by atoms with Crippen LogP contribution in [0.1, 0.15) is 22.3 Å². The third-order valence-electron chi connectivity index (χ3n) is 14.3. The summed E-state index contributed by atoms with van der Waals surface area (Å²) in [7, 11) is 0. The molecule has 0 unspecified atom stereocenters. The van der Waals surface area contributed by atoms with Gasteiger partial charge in [0.2, 0.25) is 0 Å². The maximum absolute atomic E-state index is 2.49. The molecular weight excluding hydrogens is 819 g/mol. The second-order valence-electron chi connectivity index (χ2n) is 18.0. The van der Waals surface area contributed by atoms with Gasteiger partial charge < -0.3 is 4.90 Å². The molecule has 1 heteroatoms. The number of rotatable bonds is 8. The Labute approximate surface area is 397 Å². The first kappa shape index (κ1) is 39.6. The Kier molecular flexibility index (Phi) is 9.47. The lowest BCUT2D eigenvalue weighted by molar-refractivity contribution is 0.768. The summed E-state index contributed by atoms with van der Waals surface area (Å²) in [6.07, 6.45) is 0. The van der Waals surface area contributed by atoms with Gasteiger partial charge in [-0.15, -0.1) is 0 Å². The molecule has 68 heavy (non-hydrogen) atoms. The van der Waals surface area contributed by atoms with Crippen molar-refractivity contribution in [3.63, 3.8) is 0 Å².